The van der Waals surface area contributed by atoms with Crippen LogP contribution in [0.4, 0.5) is 0 Å². The summed E-state index contributed by atoms with van der Waals surface area (Å²) in [7, 11) is 0. The molecule has 3 saturated carbocycles. The van der Waals surface area contributed by atoms with Gasteiger partial charge in [0, 0.05) is 18.8 Å². The van der Waals surface area contributed by atoms with Crippen molar-refractivity contribution in [1.82, 2.24) is 0 Å². The van der Waals surface area contributed by atoms with Gasteiger partial charge in [-0.25, -0.2) is 4.79 Å². The highest BCUT2D eigenvalue weighted by atomic mass is 16.7. The quantitative estimate of drug-likeness (QED) is 0.299. The lowest BCUT2D eigenvalue weighted by molar-refractivity contribution is -0.272. The number of carbonyl (C=O) groups excluding carboxylic acids is 1. The molecule has 6 aliphatic rings. The second kappa shape index (κ2) is 8.93. The topological polar surface area (TPSA) is 44.8 Å². The summed E-state index contributed by atoms with van der Waals surface area (Å²) in [6.45, 7) is 10.7. The van der Waals surface area contributed by atoms with Gasteiger partial charge in [0.1, 0.15) is 6.10 Å². The number of allylic oxidation sites excluding steroid dienone is 1. The average molecular weight is 519 g/mol. The van der Waals surface area contributed by atoms with E-state index in [1.54, 1.807) is 5.57 Å². The van der Waals surface area contributed by atoms with Crippen LogP contribution < -0.4 is 0 Å². The van der Waals surface area contributed by atoms with Gasteiger partial charge in [-0.1, -0.05) is 57.5 Å². The second-order valence-electron chi connectivity index (χ2n) is 14.4. The fourth-order valence-corrected chi connectivity index (χ4v) is 10.5. The maximum absolute atomic E-state index is 12.7. The molecule has 4 nitrogen and oxygen atoms in total. The largest absolute Gasteiger partial charge is 0.458 e. The number of benzene rings is 1. The van der Waals surface area contributed by atoms with E-state index in [2.05, 4.69) is 33.8 Å². The lowest BCUT2D eigenvalue weighted by Gasteiger charge is -2.58. The maximum atomic E-state index is 12.7. The SMILES string of the molecule is C[C@H]1CCC2(OC1)O[C@@H]1C[C@@H]3[C@@H]4CC=C5C[C@@H](OC(=O)c6ccccc6)CC[C@]5(C)[C@@H]4CC[C@]3(C)[C@@H]1[C@H]2C. The minimum absolute atomic E-state index is 0.00178. The van der Waals surface area contributed by atoms with Gasteiger partial charge in [-0.05, 0) is 97.5 Å². The Hall–Kier alpha value is -1.65. The van der Waals surface area contributed by atoms with Gasteiger partial charge in [-0.15, -0.1) is 0 Å². The third-order valence-corrected chi connectivity index (χ3v) is 12.6. The molecule has 1 spiro atoms. The summed E-state index contributed by atoms with van der Waals surface area (Å²) < 4.78 is 19.5. The van der Waals surface area contributed by atoms with Crippen LogP contribution in [0, 0.1) is 46.3 Å². The third-order valence-electron chi connectivity index (χ3n) is 12.6. The molecule has 1 unspecified atom stereocenters. The van der Waals surface area contributed by atoms with E-state index in [-0.39, 0.29) is 23.3 Å². The lowest BCUT2D eigenvalue weighted by Crippen LogP contribution is -2.52. The van der Waals surface area contributed by atoms with Crippen LogP contribution in [-0.4, -0.2) is 30.6 Å². The summed E-state index contributed by atoms with van der Waals surface area (Å²) in [5, 5.41) is 0. The van der Waals surface area contributed by atoms with E-state index < -0.39 is 0 Å². The van der Waals surface area contributed by atoms with Gasteiger partial charge in [0.25, 0.3) is 0 Å². The Bertz CT molecular complexity index is 1100. The molecule has 1 aromatic carbocycles. The summed E-state index contributed by atoms with van der Waals surface area (Å²) in [6.07, 6.45) is 13.3. The summed E-state index contributed by atoms with van der Waals surface area (Å²) in [6, 6.07) is 9.45. The number of rotatable bonds is 2. The molecule has 0 radical (unpaired) electrons. The molecule has 0 bridgehead atoms. The molecule has 4 heteroatoms. The first-order chi connectivity index (χ1) is 18.2. The van der Waals surface area contributed by atoms with Crippen LogP contribution in [0.25, 0.3) is 0 Å². The molecule has 5 fully saturated rings. The Kier molecular flexibility index (Phi) is 5.95. The first-order valence-corrected chi connectivity index (χ1v) is 15.5. The van der Waals surface area contributed by atoms with Gasteiger partial charge in [0.15, 0.2) is 5.79 Å². The van der Waals surface area contributed by atoms with Crippen molar-refractivity contribution in [2.45, 2.75) is 103 Å². The zero-order chi connectivity index (χ0) is 26.3. The number of esters is 1. The normalized spacial score (nSPS) is 49.4. The number of hydrogen-bond acceptors (Lipinski definition) is 4. The second-order valence-corrected chi connectivity index (χ2v) is 14.4. The molecule has 1 aromatic rings. The van der Waals surface area contributed by atoms with Gasteiger partial charge >= 0.3 is 5.97 Å². The Morgan fingerprint density at radius 1 is 1.00 bits per heavy atom. The van der Waals surface area contributed by atoms with Crippen LogP contribution in [0.1, 0.15) is 95.8 Å². The van der Waals surface area contributed by atoms with Gasteiger partial charge in [-0.2, -0.15) is 0 Å². The summed E-state index contributed by atoms with van der Waals surface area (Å²) in [5.41, 5.74) is 2.81. The minimum atomic E-state index is -0.326. The van der Waals surface area contributed by atoms with Gasteiger partial charge in [0.2, 0.25) is 0 Å². The Balaban J connectivity index is 1.08. The van der Waals surface area contributed by atoms with Crippen molar-refractivity contribution in [2.75, 3.05) is 6.61 Å². The molecule has 206 valence electrons. The summed E-state index contributed by atoms with van der Waals surface area (Å²) in [5.74, 6) is 3.46. The van der Waals surface area contributed by atoms with Gasteiger partial charge < -0.3 is 14.2 Å². The number of ether oxygens (including phenoxy) is 3. The molecule has 0 aromatic heterocycles. The van der Waals surface area contributed by atoms with E-state index in [4.69, 9.17) is 14.2 Å². The predicted molar refractivity (Wildman–Crippen MR) is 147 cm³/mol. The van der Waals surface area contributed by atoms with Crippen molar-refractivity contribution in [2.24, 2.45) is 46.3 Å². The van der Waals surface area contributed by atoms with Crippen LogP contribution in [0.5, 0.6) is 0 Å². The maximum Gasteiger partial charge on any atom is 0.338 e. The van der Waals surface area contributed by atoms with E-state index in [9.17, 15) is 4.79 Å². The lowest BCUT2D eigenvalue weighted by atomic mass is 9.47. The standard InChI is InChI=1S/C34H46O4/c1-21-12-17-34(36-20-21)22(2)30-29(38-34)19-28-26-11-10-24-18-25(37-31(35)23-8-6-5-7-9-23)13-15-32(24,3)27(26)14-16-33(28,30)4/h5-10,21-22,25-30H,11-20H2,1-4H3/t21-,22+,25-,26+,27+,28+,29+,30+,32-,33-,34?/m0/s1. The minimum Gasteiger partial charge on any atom is -0.458 e. The molecule has 2 heterocycles. The monoisotopic (exact) mass is 518 g/mol. The van der Waals surface area contributed by atoms with E-state index >= 15 is 0 Å². The molecule has 11 atom stereocenters. The molecule has 4 aliphatic carbocycles. The molecule has 38 heavy (non-hydrogen) atoms. The van der Waals surface area contributed by atoms with Crippen LogP contribution >= 0.6 is 0 Å². The number of carbonyl (C=O) groups is 1. The highest BCUT2D eigenvalue weighted by Crippen LogP contribution is 2.70. The van der Waals surface area contributed by atoms with Crippen molar-refractivity contribution in [3.05, 3.63) is 47.5 Å². The van der Waals surface area contributed by atoms with Gasteiger partial charge in [-0.3, -0.25) is 0 Å². The van der Waals surface area contributed by atoms with Crippen molar-refractivity contribution >= 4 is 5.97 Å². The van der Waals surface area contributed by atoms with Crippen molar-refractivity contribution in [3.8, 4) is 0 Å². The van der Waals surface area contributed by atoms with Crippen molar-refractivity contribution < 1.29 is 19.0 Å². The van der Waals surface area contributed by atoms with Crippen molar-refractivity contribution in [3.63, 3.8) is 0 Å². The molecular formula is C34H46O4. The van der Waals surface area contributed by atoms with Gasteiger partial charge in [0.05, 0.1) is 18.3 Å². The molecule has 2 saturated heterocycles. The number of hydrogen-bond donors (Lipinski definition) is 0. The zero-order valence-electron chi connectivity index (χ0n) is 23.8. The van der Waals surface area contributed by atoms with Crippen molar-refractivity contribution in [1.29, 1.82) is 0 Å². The Morgan fingerprint density at radius 3 is 2.58 bits per heavy atom. The molecular weight excluding hydrogens is 472 g/mol. The van der Waals surface area contributed by atoms with E-state index in [1.807, 2.05) is 30.3 Å². The van der Waals surface area contributed by atoms with E-state index in [0.717, 1.165) is 50.0 Å². The van der Waals surface area contributed by atoms with Crippen LogP contribution in [0.2, 0.25) is 0 Å². The Morgan fingerprint density at radius 2 is 1.82 bits per heavy atom. The third kappa shape index (κ3) is 3.65. The fourth-order valence-electron chi connectivity index (χ4n) is 10.5. The van der Waals surface area contributed by atoms with Crippen LogP contribution in [0.3, 0.4) is 0 Å². The first kappa shape index (κ1) is 25.3. The molecule has 0 amide bonds. The average Bonchev–Trinajstić information content (AvgIpc) is 3.36. The molecule has 0 N–H and O–H groups in total. The summed E-state index contributed by atoms with van der Waals surface area (Å²) in [4.78, 5) is 12.7. The predicted octanol–water partition coefficient (Wildman–Crippen LogP) is 7.58. The van der Waals surface area contributed by atoms with E-state index in [0.29, 0.717) is 34.8 Å². The van der Waals surface area contributed by atoms with Crippen LogP contribution in [0.15, 0.2) is 42.0 Å². The smallest absolute Gasteiger partial charge is 0.338 e. The van der Waals surface area contributed by atoms with Crippen LogP contribution in [-0.2, 0) is 14.2 Å². The van der Waals surface area contributed by atoms with E-state index in [1.165, 1.54) is 32.1 Å². The molecule has 7 rings (SSSR count). The fraction of sp³-hybridized carbons (Fsp3) is 0.735. The zero-order valence-corrected chi connectivity index (χ0v) is 23.8. The highest BCUT2D eigenvalue weighted by molar-refractivity contribution is 5.89. The molecule has 2 aliphatic heterocycles. The first-order valence-electron chi connectivity index (χ1n) is 15.5. The highest BCUT2D eigenvalue weighted by Gasteiger charge is 2.68. The number of fused-ring (bicyclic) bond motifs is 7. The Labute approximate surface area is 228 Å². The summed E-state index contributed by atoms with van der Waals surface area (Å²) >= 11 is 0.